The van der Waals surface area contributed by atoms with Crippen molar-refractivity contribution >= 4 is 11.9 Å². The Bertz CT molecular complexity index is 718. The summed E-state index contributed by atoms with van der Waals surface area (Å²) in [6.07, 6.45) is -0.324. The van der Waals surface area contributed by atoms with Crippen LogP contribution >= 0.6 is 0 Å². The second kappa shape index (κ2) is 7.49. The molecule has 0 aromatic heterocycles. The molecule has 2 N–H and O–H groups in total. The van der Waals surface area contributed by atoms with Crippen LogP contribution in [0.1, 0.15) is 11.1 Å². The number of carbonyl (C=O) groups excluding carboxylic acids is 1. The smallest absolute Gasteiger partial charge is 0.326 e. The summed E-state index contributed by atoms with van der Waals surface area (Å²) in [6.45, 7) is 0. The molecule has 0 saturated carbocycles. The number of hydrogen-bond donors (Lipinski definition) is 2. The van der Waals surface area contributed by atoms with E-state index in [0.29, 0.717) is 5.56 Å². The summed E-state index contributed by atoms with van der Waals surface area (Å²) in [5.74, 6) is -2.84. The highest BCUT2D eigenvalue weighted by Crippen LogP contribution is 2.10. The van der Waals surface area contributed by atoms with Gasteiger partial charge in [0.1, 0.15) is 17.7 Å². The van der Waals surface area contributed by atoms with Gasteiger partial charge in [-0.15, -0.1) is 0 Å². The Morgan fingerprint density at radius 1 is 1.09 bits per heavy atom. The number of halogens is 2. The van der Waals surface area contributed by atoms with Crippen molar-refractivity contribution in [1.29, 1.82) is 0 Å². The molecule has 0 heterocycles. The molecule has 23 heavy (non-hydrogen) atoms. The van der Waals surface area contributed by atoms with Crippen molar-refractivity contribution in [2.24, 2.45) is 0 Å². The molecule has 0 aliphatic carbocycles. The average Bonchev–Trinajstić information content (AvgIpc) is 2.48. The fourth-order valence-corrected chi connectivity index (χ4v) is 2.16. The number of hydrogen-bond acceptors (Lipinski definition) is 2. The van der Waals surface area contributed by atoms with Crippen LogP contribution in [0.15, 0.2) is 48.5 Å². The lowest BCUT2D eigenvalue weighted by atomic mass is 10.0. The van der Waals surface area contributed by atoms with Gasteiger partial charge < -0.3 is 10.4 Å². The number of nitrogens with one attached hydrogen (secondary N) is 1. The van der Waals surface area contributed by atoms with E-state index in [1.807, 2.05) is 0 Å². The second-order valence-electron chi connectivity index (χ2n) is 5.06. The van der Waals surface area contributed by atoms with E-state index in [9.17, 15) is 23.5 Å². The third-order valence-corrected chi connectivity index (χ3v) is 3.27. The largest absolute Gasteiger partial charge is 0.480 e. The zero-order valence-electron chi connectivity index (χ0n) is 12.1. The molecule has 0 bridgehead atoms. The lowest BCUT2D eigenvalue weighted by molar-refractivity contribution is -0.141. The highest BCUT2D eigenvalue weighted by Gasteiger charge is 2.21. The number of benzene rings is 2. The minimum absolute atomic E-state index is 0.154. The first-order chi connectivity index (χ1) is 11.0. The van der Waals surface area contributed by atoms with E-state index in [4.69, 9.17) is 0 Å². The third kappa shape index (κ3) is 4.88. The molecule has 120 valence electrons. The third-order valence-electron chi connectivity index (χ3n) is 3.27. The molecular weight excluding hydrogens is 304 g/mol. The van der Waals surface area contributed by atoms with E-state index < -0.39 is 29.6 Å². The predicted molar refractivity (Wildman–Crippen MR) is 79.8 cm³/mol. The maximum atomic E-state index is 13.6. The summed E-state index contributed by atoms with van der Waals surface area (Å²) in [5, 5.41) is 11.5. The lowest BCUT2D eigenvalue weighted by Crippen LogP contribution is -2.43. The van der Waals surface area contributed by atoms with Crippen LogP contribution in [0.5, 0.6) is 0 Å². The Kier molecular flexibility index (Phi) is 5.41. The van der Waals surface area contributed by atoms with E-state index >= 15 is 0 Å². The van der Waals surface area contributed by atoms with Gasteiger partial charge in [0, 0.05) is 6.42 Å². The first-order valence-corrected chi connectivity index (χ1v) is 6.95. The van der Waals surface area contributed by atoms with Crippen molar-refractivity contribution in [2.45, 2.75) is 18.9 Å². The Balaban J connectivity index is 2.03. The molecule has 2 aromatic rings. The van der Waals surface area contributed by atoms with Crippen molar-refractivity contribution in [2.75, 3.05) is 0 Å². The molecule has 2 rings (SSSR count). The maximum Gasteiger partial charge on any atom is 0.326 e. The van der Waals surface area contributed by atoms with Crippen LogP contribution < -0.4 is 5.32 Å². The Morgan fingerprint density at radius 3 is 2.48 bits per heavy atom. The number of amides is 1. The van der Waals surface area contributed by atoms with Gasteiger partial charge >= 0.3 is 5.97 Å². The van der Waals surface area contributed by atoms with Gasteiger partial charge in [0.05, 0.1) is 6.42 Å². The molecule has 1 amide bonds. The molecule has 6 heteroatoms. The average molecular weight is 319 g/mol. The van der Waals surface area contributed by atoms with Crippen LogP contribution in [-0.2, 0) is 22.4 Å². The van der Waals surface area contributed by atoms with Gasteiger partial charge in [-0.1, -0.05) is 30.3 Å². The van der Waals surface area contributed by atoms with Gasteiger partial charge in [-0.3, -0.25) is 4.79 Å². The van der Waals surface area contributed by atoms with E-state index in [1.165, 1.54) is 36.4 Å². The summed E-state index contributed by atoms with van der Waals surface area (Å²) < 4.78 is 26.7. The van der Waals surface area contributed by atoms with Crippen molar-refractivity contribution < 1.29 is 23.5 Å². The molecule has 0 saturated heterocycles. The zero-order chi connectivity index (χ0) is 16.8. The number of carboxylic acids is 1. The van der Waals surface area contributed by atoms with Crippen LogP contribution in [-0.4, -0.2) is 23.0 Å². The molecule has 0 unspecified atom stereocenters. The molecule has 0 radical (unpaired) electrons. The van der Waals surface area contributed by atoms with Crippen molar-refractivity contribution in [3.63, 3.8) is 0 Å². The Hall–Kier alpha value is -2.76. The fraction of sp³-hybridized carbons (Fsp3) is 0.176. The topological polar surface area (TPSA) is 66.4 Å². The number of aliphatic carboxylic acids is 1. The molecular formula is C17H15F2NO3. The predicted octanol–water partition coefficient (Wildman–Crippen LogP) is 2.32. The Labute approximate surface area is 131 Å². The summed E-state index contributed by atoms with van der Waals surface area (Å²) in [5.41, 5.74) is 0.628. The van der Waals surface area contributed by atoms with Crippen LogP contribution in [0.4, 0.5) is 8.78 Å². The molecule has 1 atom stereocenters. The van der Waals surface area contributed by atoms with Gasteiger partial charge in [-0.2, -0.15) is 0 Å². The Morgan fingerprint density at radius 2 is 1.83 bits per heavy atom. The highest BCUT2D eigenvalue weighted by molar-refractivity contribution is 5.85. The van der Waals surface area contributed by atoms with Crippen molar-refractivity contribution in [3.8, 4) is 0 Å². The van der Waals surface area contributed by atoms with E-state index in [1.54, 1.807) is 12.1 Å². The first-order valence-electron chi connectivity index (χ1n) is 6.95. The SMILES string of the molecule is O=C(Cc1cccc(F)c1)N[C@H](Cc1ccccc1F)C(=O)O. The number of carbonyl (C=O) groups is 2. The van der Waals surface area contributed by atoms with Gasteiger partial charge in [0.2, 0.25) is 5.91 Å². The number of carboxylic acid groups (broad SMARTS) is 1. The minimum Gasteiger partial charge on any atom is -0.480 e. The quantitative estimate of drug-likeness (QED) is 0.859. The van der Waals surface area contributed by atoms with E-state index in [-0.39, 0.29) is 18.4 Å². The monoisotopic (exact) mass is 319 g/mol. The van der Waals surface area contributed by atoms with Crippen molar-refractivity contribution in [3.05, 3.63) is 71.3 Å². The lowest BCUT2D eigenvalue weighted by Gasteiger charge is -2.15. The van der Waals surface area contributed by atoms with Crippen LogP contribution in [0.2, 0.25) is 0 Å². The fourth-order valence-electron chi connectivity index (χ4n) is 2.16. The number of rotatable bonds is 6. The molecule has 0 aliphatic heterocycles. The van der Waals surface area contributed by atoms with E-state index in [0.717, 1.165) is 0 Å². The maximum absolute atomic E-state index is 13.6. The van der Waals surface area contributed by atoms with Crippen LogP contribution in [0, 0.1) is 11.6 Å². The molecule has 0 aliphatic rings. The summed E-state index contributed by atoms with van der Waals surface area (Å²) in [6, 6.07) is 10.00. The summed E-state index contributed by atoms with van der Waals surface area (Å²) in [4.78, 5) is 23.2. The molecule has 4 nitrogen and oxygen atoms in total. The minimum atomic E-state index is -1.26. The molecule has 0 spiro atoms. The summed E-state index contributed by atoms with van der Waals surface area (Å²) >= 11 is 0. The standard InChI is InChI=1S/C17H15F2NO3/c18-13-6-3-4-11(8-13)9-16(21)20-15(17(22)23)10-12-5-1-2-7-14(12)19/h1-8,15H,9-10H2,(H,20,21)(H,22,23)/t15-/m1/s1. The van der Waals surface area contributed by atoms with E-state index in [2.05, 4.69) is 5.32 Å². The van der Waals surface area contributed by atoms with Gasteiger partial charge in [0.15, 0.2) is 0 Å². The van der Waals surface area contributed by atoms with Crippen LogP contribution in [0.3, 0.4) is 0 Å². The van der Waals surface area contributed by atoms with Gasteiger partial charge in [0.25, 0.3) is 0 Å². The first kappa shape index (κ1) is 16.6. The zero-order valence-corrected chi connectivity index (χ0v) is 12.1. The molecule has 2 aromatic carbocycles. The normalized spacial score (nSPS) is 11.7. The highest BCUT2D eigenvalue weighted by atomic mass is 19.1. The second-order valence-corrected chi connectivity index (χ2v) is 5.06. The van der Waals surface area contributed by atoms with Gasteiger partial charge in [-0.05, 0) is 29.3 Å². The molecule has 0 fully saturated rings. The summed E-state index contributed by atoms with van der Waals surface area (Å²) in [7, 11) is 0. The van der Waals surface area contributed by atoms with Gasteiger partial charge in [-0.25, -0.2) is 13.6 Å². The van der Waals surface area contributed by atoms with Crippen LogP contribution in [0.25, 0.3) is 0 Å². The van der Waals surface area contributed by atoms with Crippen molar-refractivity contribution in [1.82, 2.24) is 5.32 Å².